The summed E-state index contributed by atoms with van der Waals surface area (Å²) >= 11 is 0. The first kappa shape index (κ1) is 22.1. The van der Waals surface area contributed by atoms with Crippen molar-refractivity contribution >= 4 is 17.0 Å². The molecule has 0 radical (unpaired) electrons. The van der Waals surface area contributed by atoms with Crippen LogP contribution in [0.1, 0.15) is 46.5 Å². The van der Waals surface area contributed by atoms with Gasteiger partial charge in [-0.25, -0.2) is 0 Å². The SMILES string of the molecule is CCC1=CC(N(CCOC)C(=O)COc2nc3ccccc3o2)=CC(CC)(CC)C1. The first-order chi connectivity index (χ1) is 14.5. The third-order valence-electron chi connectivity index (χ3n) is 5.97. The Morgan fingerprint density at radius 1 is 1.23 bits per heavy atom. The lowest BCUT2D eigenvalue weighted by atomic mass is 9.73. The highest BCUT2D eigenvalue weighted by Gasteiger charge is 2.31. The summed E-state index contributed by atoms with van der Waals surface area (Å²) in [7, 11) is 1.64. The fourth-order valence-corrected chi connectivity index (χ4v) is 3.90. The molecule has 0 bridgehead atoms. The second kappa shape index (κ2) is 9.94. The van der Waals surface area contributed by atoms with E-state index >= 15 is 0 Å². The van der Waals surface area contributed by atoms with Crippen LogP contribution in [0.2, 0.25) is 0 Å². The highest BCUT2D eigenvalue weighted by Crippen LogP contribution is 2.41. The zero-order valence-corrected chi connectivity index (χ0v) is 18.4. The number of hydrogen-bond donors (Lipinski definition) is 0. The van der Waals surface area contributed by atoms with Crippen molar-refractivity contribution in [2.45, 2.75) is 46.5 Å². The second-order valence-corrected chi connectivity index (χ2v) is 7.75. The predicted octanol–water partition coefficient (Wildman–Crippen LogP) is 5.11. The number of methoxy groups -OCH3 is 1. The number of oxazole rings is 1. The summed E-state index contributed by atoms with van der Waals surface area (Å²) in [6.45, 7) is 7.38. The molecule has 2 aromatic rings. The lowest BCUT2D eigenvalue weighted by molar-refractivity contribution is -0.132. The van der Waals surface area contributed by atoms with Crippen LogP contribution >= 0.6 is 0 Å². The molecule has 6 nitrogen and oxygen atoms in total. The molecule has 6 heteroatoms. The molecule has 1 amide bonds. The molecule has 0 fully saturated rings. The minimum absolute atomic E-state index is 0.0855. The van der Waals surface area contributed by atoms with E-state index in [0.29, 0.717) is 24.3 Å². The van der Waals surface area contributed by atoms with Gasteiger partial charge in [-0.15, -0.1) is 0 Å². The van der Waals surface area contributed by atoms with Crippen molar-refractivity contribution in [1.82, 2.24) is 9.88 Å². The van der Waals surface area contributed by atoms with Gasteiger partial charge in [0.25, 0.3) is 5.91 Å². The fourth-order valence-electron chi connectivity index (χ4n) is 3.90. The van der Waals surface area contributed by atoms with Crippen LogP contribution in [0.25, 0.3) is 11.1 Å². The zero-order valence-electron chi connectivity index (χ0n) is 18.4. The molecular weight excluding hydrogens is 380 g/mol. The van der Waals surface area contributed by atoms with Crippen LogP contribution in [0.3, 0.4) is 0 Å². The van der Waals surface area contributed by atoms with Gasteiger partial charge in [0.1, 0.15) is 5.52 Å². The van der Waals surface area contributed by atoms with Crippen molar-refractivity contribution in [3.8, 4) is 6.08 Å². The van der Waals surface area contributed by atoms with E-state index in [1.807, 2.05) is 24.3 Å². The molecule has 0 saturated carbocycles. The fraction of sp³-hybridized carbons (Fsp3) is 0.500. The van der Waals surface area contributed by atoms with E-state index in [2.05, 4.69) is 37.9 Å². The average molecular weight is 413 g/mol. The highest BCUT2D eigenvalue weighted by molar-refractivity contribution is 5.80. The Kier molecular flexibility index (Phi) is 7.32. The van der Waals surface area contributed by atoms with Gasteiger partial charge in [0.05, 0.1) is 6.61 Å². The first-order valence-corrected chi connectivity index (χ1v) is 10.7. The Balaban J connectivity index is 1.80. The third kappa shape index (κ3) is 4.93. The third-order valence-corrected chi connectivity index (χ3v) is 5.97. The van der Waals surface area contributed by atoms with Crippen molar-refractivity contribution in [2.24, 2.45) is 5.41 Å². The van der Waals surface area contributed by atoms with Crippen molar-refractivity contribution in [3.05, 3.63) is 47.7 Å². The van der Waals surface area contributed by atoms with Crippen LogP contribution in [-0.2, 0) is 9.53 Å². The first-order valence-electron chi connectivity index (χ1n) is 10.7. The lowest BCUT2D eigenvalue weighted by Crippen LogP contribution is -2.38. The van der Waals surface area contributed by atoms with Gasteiger partial charge in [-0.1, -0.05) is 44.6 Å². The number of rotatable bonds is 10. The predicted molar refractivity (Wildman–Crippen MR) is 117 cm³/mol. The molecule has 0 unspecified atom stereocenters. The molecule has 0 atom stereocenters. The summed E-state index contributed by atoms with van der Waals surface area (Å²) in [5, 5.41) is 0. The van der Waals surface area contributed by atoms with E-state index in [4.69, 9.17) is 13.9 Å². The average Bonchev–Trinajstić information content (AvgIpc) is 3.20. The Morgan fingerprint density at radius 3 is 2.67 bits per heavy atom. The van der Waals surface area contributed by atoms with Crippen molar-refractivity contribution in [2.75, 3.05) is 26.9 Å². The molecule has 1 aromatic carbocycles. The molecule has 1 aliphatic carbocycles. The van der Waals surface area contributed by atoms with Gasteiger partial charge < -0.3 is 18.8 Å². The second-order valence-electron chi connectivity index (χ2n) is 7.75. The number of benzene rings is 1. The summed E-state index contributed by atoms with van der Waals surface area (Å²) < 4.78 is 16.4. The molecule has 30 heavy (non-hydrogen) atoms. The maximum Gasteiger partial charge on any atom is 0.395 e. The summed E-state index contributed by atoms with van der Waals surface area (Å²) in [6.07, 6.45) is 8.62. The van der Waals surface area contributed by atoms with Gasteiger partial charge in [0.15, 0.2) is 12.2 Å². The number of allylic oxidation sites excluding steroid dienone is 3. The number of carbonyl (C=O) groups is 1. The van der Waals surface area contributed by atoms with Crippen LogP contribution in [0, 0.1) is 5.41 Å². The lowest BCUT2D eigenvalue weighted by Gasteiger charge is -2.36. The van der Waals surface area contributed by atoms with Crippen LogP contribution < -0.4 is 4.74 Å². The van der Waals surface area contributed by atoms with Gasteiger partial charge in [0, 0.05) is 19.4 Å². The van der Waals surface area contributed by atoms with Crippen molar-refractivity contribution < 1.29 is 18.7 Å². The number of para-hydroxylation sites is 2. The van der Waals surface area contributed by atoms with Crippen molar-refractivity contribution in [3.63, 3.8) is 0 Å². The van der Waals surface area contributed by atoms with Crippen LogP contribution in [0.5, 0.6) is 6.08 Å². The number of carbonyl (C=O) groups excluding carboxylic acids is 1. The molecular formula is C24H32N2O4. The smallest absolute Gasteiger partial charge is 0.395 e. The molecule has 1 heterocycles. The van der Waals surface area contributed by atoms with Crippen LogP contribution in [0.4, 0.5) is 0 Å². The normalized spacial score (nSPS) is 15.6. The highest BCUT2D eigenvalue weighted by atomic mass is 16.6. The quantitative estimate of drug-likeness (QED) is 0.542. The Hall–Kier alpha value is -2.60. The summed E-state index contributed by atoms with van der Waals surface area (Å²) in [5.41, 5.74) is 3.73. The van der Waals surface area contributed by atoms with E-state index in [9.17, 15) is 4.79 Å². The number of ether oxygens (including phenoxy) is 2. The molecule has 3 rings (SSSR count). The molecule has 1 aromatic heterocycles. The minimum Gasteiger partial charge on any atom is -0.440 e. The summed E-state index contributed by atoms with van der Waals surface area (Å²) in [5.74, 6) is -0.143. The van der Waals surface area contributed by atoms with E-state index < -0.39 is 0 Å². The Morgan fingerprint density at radius 2 is 2.00 bits per heavy atom. The van der Waals surface area contributed by atoms with Crippen LogP contribution in [-0.4, -0.2) is 42.7 Å². The van der Waals surface area contributed by atoms with Gasteiger partial charge >= 0.3 is 6.08 Å². The number of hydrogen-bond acceptors (Lipinski definition) is 5. The van der Waals surface area contributed by atoms with Crippen molar-refractivity contribution in [1.29, 1.82) is 0 Å². The number of amides is 1. The zero-order chi connectivity index (χ0) is 21.6. The monoisotopic (exact) mass is 412 g/mol. The molecule has 1 aliphatic rings. The van der Waals surface area contributed by atoms with Gasteiger partial charge in [-0.3, -0.25) is 4.79 Å². The largest absolute Gasteiger partial charge is 0.440 e. The van der Waals surface area contributed by atoms with E-state index in [0.717, 1.165) is 31.4 Å². The number of nitrogens with zero attached hydrogens (tertiary/aromatic N) is 2. The van der Waals surface area contributed by atoms with Gasteiger partial charge in [-0.05, 0) is 49.3 Å². The summed E-state index contributed by atoms with van der Waals surface area (Å²) in [6, 6.07) is 7.42. The number of aromatic nitrogens is 1. The van der Waals surface area contributed by atoms with Gasteiger partial charge in [-0.2, -0.15) is 4.98 Å². The Labute approximate surface area is 178 Å². The maximum atomic E-state index is 13.1. The van der Waals surface area contributed by atoms with E-state index in [-0.39, 0.29) is 24.0 Å². The molecule has 0 saturated heterocycles. The van der Waals surface area contributed by atoms with E-state index in [1.54, 1.807) is 12.0 Å². The van der Waals surface area contributed by atoms with Crippen LogP contribution in [0.15, 0.2) is 52.1 Å². The molecule has 0 aliphatic heterocycles. The molecule has 0 N–H and O–H groups in total. The molecule has 0 spiro atoms. The van der Waals surface area contributed by atoms with Gasteiger partial charge in [0.2, 0.25) is 0 Å². The molecule has 162 valence electrons. The minimum atomic E-state index is -0.144. The summed E-state index contributed by atoms with van der Waals surface area (Å²) in [4.78, 5) is 19.2. The standard InChI is InChI=1S/C24H32N2O4/c1-5-18-14-19(16-24(6-2,7-3)15-18)26(12-13-28-4)22(27)17-29-23-25-20-10-8-9-11-21(20)30-23/h8-11,14,16H,5-7,12-13,15,17H2,1-4H3. The number of fused-ring (bicyclic) bond motifs is 1. The van der Waals surface area contributed by atoms with E-state index in [1.165, 1.54) is 5.57 Å². The maximum absolute atomic E-state index is 13.1. The Bertz CT molecular complexity index is 891. The topological polar surface area (TPSA) is 64.8 Å².